The second-order valence-electron chi connectivity index (χ2n) is 5.43. The highest BCUT2D eigenvalue weighted by atomic mass is 16.6. The normalized spacial score (nSPS) is 10.1. The van der Waals surface area contributed by atoms with Gasteiger partial charge in [0.05, 0.1) is 13.2 Å². The van der Waals surface area contributed by atoms with Gasteiger partial charge in [0.15, 0.2) is 5.41 Å². The third kappa shape index (κ3) is 6.15. The maximum atomic E-state index is 12.6. The topological polar surface area (TPSA) is 101 Å². The number of esters is 2. The van der Waals surface area contributed by atoms with Crippen LogP contribution in [0.5, 0.6) is 0 Å². The Morgan fingerprint density at radius 2 is 1.77 bits per heavy atom. The van der Waals surface area contributed by atoms with Crippen LogP contribution in [-0.2, 0) is 19.1 Å². The molecule has 138 valence electrons. The van der Waals surface area contributed by atoms with E-state index in [1.807, 2.05) is 30.3 Å². The van der Waals surface area contributed by atoms with Crippen molar-refractivity contribution in [3.05, 3.63) is 46.3 Å². The summed E-state index contributed by atoms with van der Waals surface area (Å²) in [6.45, 7) is 3.79. The first-order valence-corrected chi connectivity index (χ1v) is 8.50. The van der Waals surface area contributed by atoms with Gasteiger partial charge in [0.2, 0.25) is 0 Å². The molecule has 0 aromatic heterocycles. The van der Waals surface area contributed by atoms with Gasteiger partial charge in [-0.25, -0.2) is 0 Å². The summed E-state index contributed by atoms with van der Waals surface area (Å²) in [6.07, 6.45) is 0.442. The van der Waals surface area contributed by atoms with E-state index in [0.29, 0.717) is 6.42 Å². The zero-order chi connectivity index (χ0) is 19.3. The number of nitrogens with zero attached hydrogens (tertiary/aromatic N) is 3. The summed E-state index contributed by atoms with van der Waals surface area (Å²) in [6, 6.07) is 9.26. The smallest absolute Gasteiger partial charge is 0.324 e. The van der Waals surface area contributed by atoms with Crippen LogP contribution in [0.1, 0.15) is 38.7 Å². The van der Waals surface area contributed by atoms with E-state index in [4.69, 9.17) is 15.0 Å². The number of rotatable bonds is 9. The number of ether oxygens (including phenoxy) is 2. The minimum atomic E-state index is -1.53. The molecule has 0 bridgehead atoms. The summed E-state index contributed by atoms with van der Waals surface area (Å²) in [4.78, 5) is 27.9. The fourth-order valence-corrected chi connectivity index (χ4v) is 2.37. The first-order valence-electron chi connectivity index (χ1n) is 8.50. The molecular weight excluding hydrogens is 334 g/mol. The Morgan fingerprint density at radius 1 is 1.15 bits per heavy atom. The van der Waals surface area contributed by atoms with Gasteiger partial charge < -0.3 is 9.47 Å². The van der Waals surface area contributed by atoms with Gasteiger partial charge in [-0.15, -0.1) is 0 Å². The largest absolute Gasteiger partial charge is 0.465 e. The Morgan fingerprint density at radius 3 is 2.31 bits per heavy atom. The van der Waals surface area contributed by atoms with Gasteiger partial charge in [-0.3, -0.25) is 9.59 Å². The maximum Gasteiger partial charge on any atom is 0.324 e. The molecule has 0 N–H and O–H groups in total. The molecule has 7 heteroatoms. The van der Waals surface area contributed by atoms with Crippen LogP contribution in [0.3, 0.4) is 0 Å². The Kier molecular flexibility index (Phi) is 9.37. The molecule has 7 nitrogen and oxygen atoms in total. The second-order valence-corrected chi connectivity index (χ2v) is 5.43. The SMILES string of the molecule is CCOC(=O)C(CC#Cc1ccccc1)(CCCN=[N+]=[N-])C(=O)OCC. The Bertz CT molecular complexity index is 682. The number of benzene rings is 1. The summed E-state index contributed by atoms with van der Waals surface area (Å²) >= 11 is 0. The van der Waals surface area contributed by atoms with Crippen LogP contribution >= 0.6 is 0 Å². The van der Waals surface area contributed by atoms with Crippen molar-refractivity contribution in [1.82, 2.24) is 0 Å². The minimum Gasteiger partial charge on any atom is -0.465 e. The molecule has 0 amide bonds. The zero-order valence-electron chi connectivity index (χ0n) is 15.1. The van der Waals surface area contributed by atoms with Gasteiger partial charge in [0, 0.05) is 23.4 Å². The monoisotopic (exact) mass is 357 g/mol. The molecule has 1 aromatic rings. The number of hydrogen-bond donors (Lipinski definition) is 0. The fourth-order valence-electron chi connectivity index (χ4n) is 2.37. The van der Waals surface area contributed by atoms with E-state index in [1.54, 1.807) is 13.8 Å². The van der Waals surface area contributed by atoms with Crippen LogP contribution in [0.25, 0.3) is 10.4 Å². The fraction of sp³-hybridized carbons (Fsp3) is 0.474. The molecule has 0 radical (unpaired) electrons. The van der Waals surface area contributed by atoms with Crippen molar-refractivity contribution < 1.29 is 19.1 Å². The van der Waals surface area contributed by atoms with Gasteiger partial charge in [0.25, 0.3) is 0 Å². The zero-order valence-corrected chi connectivity index (χ0v) is 15.1. The van der Waals surface area contributed by atoms with Gasteiger partial charge in [-0.1, -0.05) is 35.2 Å². The molecule has 0 aliphatic heterocycles. The number of hydrogen-bond acceptors (Lipinski definition) is 5. The van der Waals surface area contributed by atoms with E-state index in [2.05, 4.69) is 21.9 Å². The Balaban J connectivity index is 3.12. The van der Waals surface area contributed by atoms with Crippen LogP contribution in [0.4, 0.5) is 0 Å². The summed E-state index contributed by atoms with van der Waals surface area (Å²) in [5.41, 5.74) is 7.65. The highest BCUT2D eigenvalue weighted by molar-refractivity contribution is 6.00. The third-order valence-corrected chi connectivity index (χ3v) is 3.65. The van der Waals surface area contributed by atoms with Crippen molar-refractivity contribution in [2.45, 2.75) is 33.1 Å². The van der Waals surface area contributed by atoms with Crippen LogP contribution < -0.4 is 0 Å². The maximum absolute atomic E-state index is 12.6. The quantitative estimate of drug-likeness (QED) is 0.128. The molecule has 26 heavy (non-hydrogen) atoms. The lowest BCUT2D eigenvalue weighted by Crippen LogP contribution is -2.42. The van der Waals surface area contributed by atoms with Gasteiger partial charge in [0.1, 0.15) is 0 Å². The molecule has 1 rings (SSSR count). The molecule has 1 aromatic carbocycles. The minimum absolute atomic E-state index is 0.0319. The van der Waals surface area contributed by atoms with E-state index in [9.17, 15) is 9.59 Å². The van der Waals surface area contributed by atoms with Crippen molar-refractivity contribution in [3.63, 3.8) is 0 Å². The van der Waals surface area contributed by atoms with Crippen LogP contribution in [0, 0.1) is 17.3 Å². The number of carbonyl (C=O) groups excluding carboxylic acids is 2. The second kappa shape index (κ2) is 11.6. The standard InChI is InChI=1S/C19H23N3O4/c1-3-25-17(23)19(18(24)26-4-2,14-9-15-21-22-20)13-8-12-16-10-6-5-7-11-16/h5-7,10-11H,3-4,9,13-15H2,1-2H3. The van der Waals surface area contributed by atoms with Crippen LogP contribution in [0.15, 0.2) is 35.4 Å². The highest BCUT2D eigenvalue weighted by Crippen LogP contribution is 2.32. The summed E-state index contributed by atoms with van der Waals surface area (Å²) in [5.74, 6) is 4.52. The molecule has 0 aliphatic carbocycles. The van der Waals surface area contributed by atoms with Crippen molar-refractivity contribution >= 4 is 11.9 Å². The lowest BCUT2D eigenvalue weighted by atomic mass is 9.80. The third-order valence-electron chi connectivity index (χ3n) is 3.65. The Hall–Kier alpha value is -2.97. The van der Waals surface area contributed by atoms with Gasteiger partial charge in [-0.05, 0) is 44.4 Å². The summed E-state index contributed by atoms with van der Waals surface area (Å²) in [7, 11) is 0. The summed E-state index contributed by atoms with van der Waals surface area (Å²) < 4.78 is 10.2. The Labute approximate surface area is 153 Å². The van der Waals surface area contributed by atoms with Gasteiger partial charge in [-0.2, -0.15) is 0 Å². The van der Waals surface area contributed by atoms with E-state index < -0.39 is 17.4 Å². The molecule has 0 atom stereocenters. The van der Waals surface area contributed by atoms with Gasteiger partial charge >= 0.3 is 11.9 Å². The number of carbonyl (C=O) groups is 2. The molecule has 0 saturated carbocycles. The molecule has 0 spiro atoms. The lowest BCUT2D eigenvalue weighted by molar-refractivity contribution is -0.172. The average Bonchev–Trinajstić information content (AvgIpc) is 2.65. The highest BCUT2D eigenvalue weighted by Gasteiger charge is 2.47. The van der Waals surface area contributed by atoms with Crippen LogP contribution in [-0.4, -0.2) is 31.7 Å². The van der Waals surface area contributed by atoms with Crippen molar-refractivity contribution in [3.8, 4) is 11.8 Å². The van der Waals surface area contributed by atoms with Crippen molar-refractivity contribution in [1.29, 1.82) is 0 Å². The first-order chi connectivity index (χ1) is 12.6. The summed E-state index contributed by atoms with van der Waals surface area (Å²) in [5, 5.41) is 3.45. The molecular formula is C19H23N3O4. The van der Waals surface area contributed by atoms with E-state index in [-0.39, 0.29) is 32.6 Å². The molecule has 0 fully saturated rings. The molecule has 0 aliphatic rings. The molecule has 0 heterocycles. The first kappa shape index (κ1) is 21.1. The van der Waals surface area contributed by atoms with Crippen molar-refractivity contribution in [2.75, 3.05) is 19.8 Å². The molecule has 0 saturated heterocycles. The predicted octanol–water partition coefficient (Wildman–Crippen LogP) is 3.63. The average molecular weight is 357 g/mol. The van der Waals surface area contributed by atoms with Crippen LogP contribution in [0.2, 0.25) is 0 Å². The molecule has 0 unspecified atom stereocenters. The lowest BCUT2D eigenvalue weighted by Gasteiger charge is -2.27. The van der Waals surface area contributed by atoms with E-state index in [1.165, 1.54) is 0 Å². The van der Waals surface area contributed by atoms with Crippen molar-refractivity contribution in [2.24, 2.45) is 10.5 Å². The van der Waals surface area contributed by atoms with E-state index >= 15 is 0 Å². The predicted molar refractivity (Wildman–Crippen MR) is 96.9 cm³/mol. The number of azide groups is 1. The van der Waals surface area contributed by atoms with E-state index in [0.717, 1.165) is 5.56 Å².